The van der Waals surface area contributed by atoms with Gasteiger partial charge in [0.25, 0.3) is 5.91 Å². The summed E-state index contributed by atoms with van der Waals surface area (Å²) in [5, 5.41) is 3.56. The van der Waals surface area contributed by atoms with E-state index in [0.717, 1.165) is 42.0 Å². The molecule has 1 unspecified atom stereocenters. The smallest absolute Gasteiger partial charge is 0.255 e. The number of amides is 1. The van der Waals surface area contributed by atoms with Crippen LogP contribution < -0.4 is 10.1 Å². The Balaban J connectivity index is 1.83. The monoisotopic (exact) mass is 294 g/mol. The molecule has 0 aromatic heterocycles. The highest BCUT2D eigenvalue weighted by molar-refractivity contribution is 5.97. The lowest BCUT2D eigenvalue weighted by Gasteiger charge is -2.43. The third-order valence-electron chi connectivity index (χ3n) is 4.72. The van der Waals surface area contributed by atoms with Gasteiger partial charge in [-0.2, -0.15) is 0 Å². The van der Waals surface area contributed by atoms with E-state index in [9.17, 15) is 4.79 Å². The summed E-state index contributed by atoms with van der Waals surface area (Å²) < 4.78 is 5.24. The molecule has 4 nitrogen and oxygen atoms in total. The number of rotatable bonds is 2. The summed E-state index contributed by atoms with van der Waals surface area (Å²) in [4.78, 5) is 14.8. The lowest BCUT2D eigenvalue weighted by Crippen LogP contribution is -2.55. The van der Waals surface area contributed by atoms with E-state index >= 15 is 0 Å². The zero-order valence-corrected chi connectivity index (χ0v) is 12.5. The highest BCUT2D eigenvalue weighted by Gasteiger charge is 2.48. The second kappa shape index (κ2) is 4.85. The minimum Gasteiger partial charge on any atom is -0.497 e. The van der Waals surface area contributed by atoms with E-state index < -0.39 is 5.66 Å². The van der Waals surface area contributed by atoms with Crippen molar-refractivity contribution in [3.8, 4) is 5.75 Å². The van der Waals surface area contributed by atoms with Crippen molar-refractivity contribution in [2.45, 2.75) is 12.1 Å². The molecule has 2 aromatic carbocycles. The van der Waals surface area contributed by atoms with Crippen LogP contribution in [0.4, 0.5) is 0 Å². The third-order valence-corrected chi connectivity index (χ3v) is 4.72. The molecule has 112 valence electrons. The number of ether oxygens (including phenoxy) is 1. The van der Waals surface area contributed by atoms with Gasteiger partial charge in [-0.3, -0.25) is 10.1 Å². The van der Waals surface area contributed by atoms with E-state index in [-0.39, 0.29) is 5.91 Å². The lowest BCUT2D eigenvalue weighted by molar-refractivity contribution is 0.0503. The number of benzene rings is 2. The maximum atomic E-state index is 12.9. The van der Waals surface area contributed by atoms with Gasteiger partial charge in [-0.25, -0.2) is 0 Å². The predicted octanol–water partition coefficient (Wildman–Crippen LogP) is 2.15. The standard InChI is InChI=1S/C18H18N2O2/c1-22-15-8-6-14(7-9-15)18-12-13-4-2-3-5-16(13)17(21)20(18)11-10-19-18/h2-9,19H,10-12H2,1H3. The van der Waals surface area contributed by atoms with Crippen LogP contribution in [0.25, 0.3) is 0 Å². The maximum absolute atomic E-state index is 12.9. The third kappa shape index (κ3) is 1.77. The zero-order chi connectivity index (χ0) is 15.2. The molecule has 4 rings (SSSR count). The number of nitrogens with zero attached hydrogens (tertiary/aromatic N) is 1. The molecule has 4 heteroatoms. The number of carbonyl (C=O) groups is 1. The fourth-order valence-corrected chi connectivity index (χ4v) is 3.62. The molecular weight excluding hydrogens is 276 g/mol. The Labute approximate surface area is 129 Å². The van der Waals surface area contributed by atoms with Gasteiger partial charge in [-0.15, -0.1) is 0 Å². The van der Waals surface area contributed by atoms with Crippen molar-refractivity contribution < 1.29 is 9.53 Å². The normalized spacial score (nSPS) is 23.1. The lowest BCUT2D eigenvalue weighted by atomic mass is 9.85. The quantitative estimate of drug-likeness (QED) is 0.923. The largest absolute Gasteiger partial charge is 0.497 e. The molecule has 2 aromatic rings. The molecule has 0 aliphatic carbocycles. The highest BCUT2D eigenvalue weighted by Crippen LogP contribution is 2.39. The summed E-state index contributed by atoms with van der Waals surface area (Å²) >= 11 is 0. The molecular formula is C18H18N2O2. The number of hydrogen-bond donors (Lipinski definition) is 1. The average molecular weight is 294 g/mol. The molecule has 1 amide bonds. The van der Waals surface area contributed by atoms with Crippen molar-refractivity contribution in [2.75, 3.05) is 20.2 Å². The minimum atomic E-state index is -0.433. The van der Waals surface area contributed by atoms with Crippen LogP contribution in [0.5, 0.6) is 5.75 Å². The predicted molar refractivity (Wildman–Crippen MR) is 83.9 cm³/mol. The molecule has 0 spiro atoms. The van der Waals surface area contributed by atoms with E-state index in [1.807, 2.05) is 47.4 Å². The van der Waals surface area contributed by atoms with Crippen LogP contribution in [0, 0.1) is 0 Å². The van der Waals surface area contributed by atoms with E-state index in [1.54, 1.807) is 7.11 Å². The Morgan fingerprint density at radius 3 is 2.68 bits per heavy atom. The molecule has 1 saturated heterocycles. The Morgan fingerprint density at radius 2 is 1.91 bits per heavy atom. The molecule has 0 radical (unpaired) electrons. The van der Waals surface area contributed by atoms with Gasteiger partial charge in [0.2, 0.25) is 0 Å². The minimum absolute atomic E-state index is 0.114. The first-order valence-corrected chi connectivity index (χ1v) is 7.54. The second-order valence-electron chi connectivity index (χ2n) is 5.81. The van der Waals surface area contributed by atoms with Gasteiger partial charge < -0.3 is 9.64 Å². The molecule has 0 saturated carbocycles. The van der Waals surface area contributed by atoms with Crippen LogP contribution in [0.3, 0.4) is 0 Å². The highest BCUT2D eigenvalue weighted by atomic mass is 16.5. The van der Waals surface area contributed by atoms with Crippen LogP contribution in [0.2, 0.25) is 0 Å². The second-order valence-corrected chi connectivity index (χ2v) is 5.81. The zero-order valence-electron chi connectivity index (χ0n) is 12.5. The van der Waals surface area contributed by atoms with Crippen LogP contribution in [0.1, 0.15) is 21.5 Å². The summed E-state index contributed by atoms with van der Waals surface area (Å²) in [5.74, 6) is 0.940. The van der Waals surface area contributed by atoms with Gasteiger partial charge in [-0.05, 0) is 29.3 Å². The summed E-state index contributed by atoms with van der Waals surface area (Å²) in [5.41, 5.74) is 2.61. The van der Waals surface area contributed by atoms with Gasteiger partial charge in [0.1, 0.15) is 11.4 Å². The molecule has 1 atom stereocenters. The fourth-order valence-electron chi connectivity index (χ4n) is 3.62. The molecule has 2 aliphatic heterocycles. The van der Waals surface area contributed by atoms with Crippen molar-refractivity contribution in [2.24, 2.45) is 0 Å². The van der Waals surface area contributed by atoms with Crippen molar-refractivity contribution in [3.05, 3.63) is 65.2 Å². The Hall–Kier alpha value is -2.33. The Bertz CT molecular complexity index is 726. The van der Waals surface area contributed by atoms with Crippen LogP contribution >= 0.6 is 0 Å². The summed E-state index contributed by atoms with van der Waals surface area (Å²) in [6.45, 7) is 1.55. The van der Waals surface area contributed by atoms with Gasteiger partial charge >= 0.3 is 0 Å². The van der Waals surface area contributed by atoms with Crippen LogP contribution in [-0.4, -0.2) is 31.0 Å². The molecule has 22 heavy (non-hydrogen) atoms. The number of fused-ring (bicyclic) bond motifs is 2. The number of carbonyl (C=O) groups excluding carboxylic acids is 1. The topological polar surface area (TPSA) is 41.6 Å². The number of methoxy groups -OCH3 is 1. The van der Waals surface area contributed by atoms with E-state index in [4.69, 9.17) is 4.74 Å². The number of hydrogen-bond acceptors (Lipinski definition) is 3. The molecule has 1 N–H and O–H groups in total. The molecule has 2 heterocycles. The van der Waals surface area contributed by atoms with Gasteiger partial charge in [0, 0.05) is 25.1 Å². The van der Waals surface area contributed by atoms with Crippen molar-refractivity contribution in [1.29, 1.82) is 0 Å². The molecule has 1 fully saturated rings. The maximum Gasteiger partial charge on any atom is 0.255 e. The fraction of sp³-hybridized carbons (Fsp3) is 0.278. The summed E-state index contributed by atoms with van der Waals surface area (Å²) in [6, 6.07) is 15.9. The summed E-state index contributed by atoms with van der Waals surface area (Å²) in [7, 11) is 1.66. The summed E-state index contributed by atoms with van der Waals surface area (Å²) in [6.07, 6.45) is 0.793. The van der Waals surface area contributed by atoms with E-state index in [0.29, 0.717) is 0 Å². The van der Waals surface area contributed by atoms with Crippen LogP contribution in [-0.2, 0) is 12.1 Å². The van der Waals surface area contributed by atoms with Crippen molar-refractivity contribution >= 4 is 5.91 Å². The number of nitrogens with one attached hydrogen (secondary N) is 1. The molecule has 0 bridgehead atoms. The first-order valence-electron chi connectivity index (χ1n) is 7.54. The van der Waals surface area contributed by atoms with Crippen molar-refractivity contribution in [3.63, 3.8) is 0 Å². The van der Waals surface area contributed by atoms with E-state index in [1.165, 1.54) is 0 Å². The first kappa shape index (κ1) is 13.3. The SMILES string of the molecule is COc1ccc(C23Cc4ccccc4C(=O)N2CCN3)cc1. The van der Waals surface area contributed by atoms with Gasteiger partial charge in [0.05, 0.1) is 7.11 Å². The van der Waals surface area contributed by atoms with Crippen LogP contribution in [0.15, 0.2) is 48.5 Å². The van der Waals surface area contributed by atoms with Gasteiger partial charge in [0.15, 0.2) is 0 Å². The average Bonchev–Trinajstić information content (AvgIpc) is 3.00. The van der Waals surface area contributed by atoms with E-state index in [2.05, 4.69) is 11.4 Å². The van der Waals surface area contributed by atoms with Gasteiger partial charge in [-0.1, -0.05) is 30.3 Å². The Kier molecular flexibility index (Phi) is 2.94. The Morgan fingerprint density at radius 1 is 1.14 bits per heavy atom. The first-order chi connectivity index (χ1) is 10.7. The van der Waals surface area contributed by atoms with Crippen molar-refractivity contribution in [1.82, 2.24) is 10.2 Å². The molecule has 2 aliphatic rings.